The Morgan fingerprint density at radius 3 is 2.77 bits per heavy atom. The summed E-state index contributed by atoms with van der Waals surface area (Å²) in [6.07, 6.45) is 1.07. The molecular weight excluding hydrogens is 350 g/mol. The molecule has 0 radical (unpaired) electrons. The highest BCUT2D eigenvalue weighted by Crippen LogP contribution is 2.28. The third-order valence-corrected chi connectivity index (χ3v) is 4.48. The molecule has 0 unspecified atom stereocenters. The molecule has 0 spiro atoms. The number of rotatable bonds is 3. The molecule has 6 nitrogen and oxygen atoms in total. The second-order valence-electron chi connectivity index (χ2n) is 6.67. The van der Waals surface area contributed by atoms with E-state index in [0.717, 1.165) is 22.3 Å². The molecule has 2 rings (SSSR count). The lowest BCUT2D eigenvalue weighted by Gasteiger charge is -2.37. The van der Waals surface area contributed by atoms with Crippen LogP contribution in [0.4, 0.5) is 4.79 Å². The van der Waals surface area contributed by atoms with Crippen molar-refractivity contribution in [3.05, 3.63) is 15.9 Å². The molecule has 22 heavy (non-hydrogen) atoms. The number of amides is 1. The van der Waals surface area contributed by atoms with Gasteiger partial charge in [-0.15, -0.1) is 0 Å². The lowest BCUT2D eigenvalue weighted by molar-refractivity contribution is 0.00473. The first-order chi connectivity index (χ1) is 10.2. The minimum Gasteiger partial charge on any atom is -0.444 e. The van der Waals surface area contributed by atoms with Gasteiger partial charge >= 0.3 is 6.09 Å². The van der Waals surface area contributed by atoms with Crippen LogP contribution >= 0.6 is 15.9 Å². The van der Waals surface area contributed by atoms with Crippen molar-refractivity contribution in [1.29, 1.82) is 0 Å². The molecular formula is C15H24BrN3O3. The van der Waals surface area contributed by atoms with Gasteiger partial charge in [0.1, 0.15) is 10.2 Å². The number of hydrogen-bond acceptors (Lipinski definition) is 4. The normalized spacial score (nSPS) is 18.3. The summed E-state index contributed by atoms with van der Waals surface area (Å²) >= 11 is 3.45. The van der Waals surface area contributed by atoms with Crippen LogP contribution < -0.4 is 0 Å². The van der Waals surface area contributed by atoms with Crippen molar-refractivity contribution >= 4 is 22.0 Å². The Labute approximate surface area is 139 Å². The molecule has 1 N–H and O–H groups in total. The Morgan fingerprint density at radius 1 is 1.50 bits per heavy atom. The highest BCUT2D eigenvalue weighted by Gasteiger charge is 2.34. The van der Waals surface area contributed by atoms with Gasteiger partial charge in [0, 0.05) is 12.2 Å². The largest absolute Gasteiger partial charge is 0.444 e. The quantitative estimate of drug-likeness (QED) is 0.884. The number of carbonyl (C=O) groups is 1. The number of fused-ring (bicyclic) bond motifs is 1. The van der Waals surface area contributed by atoms with Crippen LogP contribution in [0.25, 0.3) is 0 Å². The summed E-state index contributed by atoms with van der Waals surface area (Å²) in [5.74, 6) is 0. The van der Waals surface area contributed by atoms with Crippen molar-refractivity contribution in [2.24, 2.45) is 0 Å². The van der Waals surface area contributed by atoms with Gasteiger partial charge in [0.2, 0.25) is 0 Å². The van der Waals surface area contributed by atoms with Crippen molar-refractivity contribution in [2.75, 3.05) is 6.61 Å². The topological polar surface area (TPSA) is 67.6 Å². The zero-order valence-corrected chi connectivity index (χ0v) is 15.2. The summed E-state index contributed by atoms with van der Waals surface area (Å²) in [6.45, 7) is 8.81. The van der Waals surface area contributed by atoms with Gasteiger partial charge in [-0.05, 0) is 56.5 Å². The number of ether oxygens (including phenoxy) is 1. The molecule has 1 atom stereocenters. The molecule has 1 aromatic heterocycles. The summed E-state index contributed by atoms with van der Waals surface area (Å²) in [6, 6.07) is -0.0132. The van der Waals surface area contributed by atoms with Gasteiger partial charge < -0.3 is 9.84 Å². The van der Waals surface area contributed by atoms with Crippen molar-refractivity contribution < 1.29 is 14.6 Å². The van der Waals surface area contributed by atoms with Gasteiger partial charge in [0.05, 0.1) is 24.8 Å². The molecule has 1 aliphatic rings. The van der Waals surface area contributed by atoms with Crippen molar-refractivity contribution in [2.45, 2.75) is 65.3 Å². The molecule has 0 aromatic carbocycles. The van der Waals surface area contributed by atoms with E-state index in [1.165, 1.54) is 0 Å². The van der Waals surface area contributed by atoms with Crippen molar-refractivity contribution in [3.8, 4) is 0 Å². The van der Waals surface area contributed by atoms with E-state index in [9.17, 15) is 4.79 Å². The summed E-state index contributed by atoms with van der Waals surface area (Å²) in [5, 5.41) is 13.6. The average Bonchev–Trinajstić information content (AvgIpc) is 2.68. The first-order valence-corrected chi connectivity index (χ1v) is 8.34. The summed E-state index contributed by atoms with van der Waals surface area (Å²) in [7, 11) is 0. The molecule has 0 aliphatic carbocycles. The van der Waals surface area contributed by atoms with Gasteiger partial charge in [-0.2, -0.15) is 5.10 Å². The molecule has 7 heteroatoms. The van der Waals surface area contributed by atoms with E-state index in [0.29, 0.717) is 19.5 Å². The summed E-state index contributed by atoms with van der Waals surface area (Å²) < 4.78 is 8.29. The Hall–Kier alpha value is -1.08. The van der Waals surface area contributed by atoms with Crippen LogP contribution in [0.3, 0.4) is 0 Å². The molecule has 2 heterocycles. The predicted octanol–water partition coefficient (Wildman–Crippen LogP) is 2.85. The first kappa shape index (κ1) is 17.3. The van der Waals surface area contributed by atoms with E-state index < -0.39 is 5.60 Å². The number of aliphatic hydroxyl groups excluding tert-OH is 1. The zero-order valence-electron chi connectivity index (χ0n) is 13.6. The third-order valence-electron chi connectivity index (χ3n) is 3.73. The van der Waals surface area contributed by atoms with Crippen LogP contribution in [0.5, 0.6) is 0 Å². The molecule has 1 amide bonds. The number of carbonyl (C=O) groups excluding carboxylic acids is 1. The van der Waals surface area contributed by atoms with Crippen LogP contribution in [0.1, 0.15) is 44.9 Å². The van der Waals surface area contributed by atoms with Crippen LogP contribution in [-0.4, -0.2) is 44.1 Å². The van der Waals surface area contributed by atoms with Crippen molar-refractivity contribution in [1.82, 2.24) is 14.7 Å². The second-order valence-corrected chi connectivity index (χ2v) is 7.42. The van der Waals surface area contributed by atoms with E-state index in [-0.39, 0.29) is 18.7 Å². The number of aliphatic hydroxyl groups is 1. The Bertz CT molecular complexity index is 551. The number of aromatic nitrogens is 2. The Kier molecular flexibility index (Phi) is 5.17. The third kappa shape index (κ3) is 3.81. The van der Waals surface area contributed by atoms with Gasteiger partial charge in [-0.1, -0.05) is 0 Å². The van der Waals surface area contributed by atoms with E-state index >= 15 is 0 Å². The predicted molar refractivity (Wildman–Crippen MR) is 86.5 cm³/mol. The van der Waals surface area contributed by atoms with Crippen LogP contribution in [0, 0.1) is 6.92 Å². The molecule has 1 aromatic rings. The second kappa shape index (κ2) is 6.58. The molecule has 0 bridgehead atoms. The molecule has 1 aliphatic heterocycles. The summed E-state index contributed by atoms with van der Waals surface area (Å²) in [4.78, 5) is 14.3. The van der Waals surface area contributed by atoms with Gasteiger partial charge in [-0.3, -0.25) is 9.58 Å². The van der Waals surface area contributed by atoms with E-state index in [1.807, 2.05) is 32.4 Å². The Balaban J connectivity index is 2.24. The maximum atomic E-state index is 12.5. The minimum atomic E-state index is -0.522. The average molecular weight is 374 g/mol. The van der Waals surface area contributed by atoms with Crippen molar-refractivity contribution in [3.63, 3.8) is 0 Å². The smallest absolute Gasteiger partial charge is 0.410 e. The standard InChI is InChI=1S/C15H24BrN3O3/c1-10-12-9-18(14(21)22-15(2,3)4)11(6-5-7-20)8-19(12)17-13(10)16/h11,20H,5-9H2,1-4H3/t11-/m0/s1. The zero-order chi connectivity index (χ0) is 16.5. The Morgan fingerprint density at radius 2 is 2.18 bits per heavy atom. The van der Waals surface area contributed by atoms with E-state index in [2.05, 4.69) is 21.0 Å². The number of nitrogens with zero attached hydrogens (tertiary/aromatic N) is 3. The lowest BCUT2D eigenvalue weighted by atomic mass is 10.1. The van der Waals surface area contributed by atoms with Crippen LogP contribution in [-0.2, 0) is 17.8 Å². The molecule has 0 saturated carbocycles. The van der Waals surface area contributed by atoms with E-state index in [4.69, 9.17) is 9.84 Å². The number of hydrogen-bond donors (Lipinski definition) is 1. The lowest BCUT2D eigenvalue weighted by Crippen LogP contribution is -2.48. The fraction of sp³-hybridized carbons (Fsp3) is 0.733. The molecule has 0 fully saturated rings. The van der Waals surface area contributed by atoms with Crippen LogP contribution in [0.15, 0.2) is 4.60 Å². The monoisotopic (exact) mass is 373 g/mol. The van der Waals surface area contributed by atoms with Gasteiger partial charge in [0.15, 0.2) is 0 Å². The highest BCUT2D eigenvalue weighted by atomic mass is 79.9. The molecule has 124 valence electrons. The minimum absolute atomic E-state index is 0.0132. The van der Waals surface area contributed by atoms with Gasteiger partial charge in [0.25, 0.3) is 0 Å². The maximum absolute atomic E-state index is 12.5. The maximum Gasteiger partial charge on any atom is 0.410 e. The SMILES string of the molecule is Cc1c(Br)nn2c1CN(C(=O)OC(C)(C)C)[C@@H](CCCO)C2. The van der Waals surface area contributed by atoms with E-state index in [1.54, 1.807) is 4.90 Å². The summed E-state index contributed by atoms with van der Waals surface area (Å²) in [5.41, 5.74) is 1.55. The van der Waals surface area contributed by atoms with Crippen LogP contribution in [0.2, 0.25) is 0 Å². The fourth-order valence-electron chi connectivity index (χ4n) is 2.60. The number of halogens is 1. The molecule has 0 saturated heterocycles. The first-order valence-electron chi connectivity index (χ1n) is 7.55. The van der Waals surface area contributed by atoms with Gasteiger partial charge in [-0.25, -0.2) is 4.79 Å². The fourth-order valence-corrected chi connectivity index (χ4v) is 3.02. The highest BCUT2D eigenvalue weighted by molar-refractivity contribution is 9.10.